The van der Waals surface area contributed by atoms with Gasteiger partial charge in [-0.25, -0.2) is 0 Å². The van der Waals surface area contributed by atoms with Crippen molar-refractivity contribution in [2.24, 2.45) is 0 Å². The van der Waals surface area contributed by atoms with Gasteiger partial charge in [-0.3, -0.25) is 4.79 Å². The Morgan fingerprint density at radius 2 is 1.88 bits per heavy atom. The number of ether oxygens (including phenoxy) is 2. The third-order valence-corrected chi connectivity index (χ3v) is 6.46. The molecule has 32 heavy (non-hydrogen) atoms. The van der Waals surface area contributed by atoms with Crippen LogP contribution in [0.5, 0.6) is 11.5 Å². The Hall–Kier alpha value is -2.35. The van der Waals surface area contributed by atoms with Gasteiger partial charge in [0.05, 0.1) is 10.7 Å². The van der Waals surface area contributed by atoms with Gasteiger partial charge in [-0.05, 0) is 76.7 Å². The quantitative estimate of drug-likeness (QED) is 0.168. The van der Waals surface area contributed by atoms with Gasteiger partial charge < -0.3 is 14.8 Å². The summed E-state index contributed by atoms with van der Waals surface area (Å²) in [5.41, 5.74) is 2.24. The number of amides is 1. The van der Waals surface area contributed by atoms with E-state index in [9.17, 15) is 10.1 Å². The van der Waals surface area contributed by atoms with Crippen LogP contribution < -0.4 is 14.8 Å². The lowest BCUT2D eigenvalue weighted by Crippen LogP contribution is -2.13. The van der Waals surface area contributed by atoms with E-state index < -0.39 is 5.91 Å². The minimum atomic E-state index is -0.488. The second kappa shape index (κ2) is 11.5. The third kappa shape index (κ3) is 6.34. The second-order valence-corrected chi connectivity index (χ2v) is 9.48. The van der Waals surface area contributed by atoms with Crippen molar-refractivity contribution in [2.75, 3.05) is 12.4 Å². The molecule has 8 heteroatoms. The molecule has 0 heterocycles. The predicted molar refractivity (Wildman–Crippen MR) is 141 cm³/mol. The number of halogens is 3. The maximum Gasteiger partial charge on any atom is 0.266 e. The molecule has 0 aliphatic rings. The van der Waals surface area contributed by atoms with Crippen molar-refractivity contribution in [3.63, 3.8) is 0 Å². The lowest BCUT2D eigenvalue weighted by molar-refractivity contribution is -0.112. The first-order valence-corrected chi connectivity index (χ1v) is 12.0. The van der Waals surface area contributed by atoms with E-state index in [0.29, 0.717) is 29.4 Å². The molecule has 0 aliphatic heterocycles. The lowest BCUT2D eigenvalue weighted by Gasteiger charge is -2.14. The molecule has 0 saturated heterocycles. The highest BCUT2D eigenvalue weighted by molar-refractivity contribution is 14.1. The summed E-state index contributed by atoms with van der Waals surface area (Å²) in [6, 6.07) is 20.5. The Morgan fingerprint density at radius 3 is 2.53 bits per heavy atom. The van der Waals surface area contributed by atoms with Gasteiger partial charge in [0.1, 0.15) is 18.2 Å². The summed E-state index contributed by atoms with van der Waals surface area (Å²) < 4.78 is 14.2. The Bertz CT molecular complexity index is 1200. The number of nitrogens with one attached hydrogen (secondary N) is 1. The fraction of sp³-hybridized carbons (Fsp3) is 0.0833. The van der Waals surface area contributed by atoms with E-state index in [0.717, 1.165) is 18.1 Å². The molecule has 0 saturated carbocycles. The highest BCUT2D eigenvalue weighted by Gasteiger charge is 2.15. The molecule has 0 unspecified atom stereocenters. The molecule has 5 nitrogen and oxygen atoms in total. The summed E-state index contributed by atoms with van der Waals surface area (Å²) in [6.07, 6.45) is 1.52. The van der Waals surface area contributed by atoms with Gasteiger partial charge in [-0.2, -0.15) is 5.26 Å². The third-order valence-electron chi connectivity index (χ3n) is 4.36. The van der Waals surface area contributed by atoms with Gasteiger partial charge in [-0.1, -0.05) is 50.1 Å². The minimum Gasteiger partial charge on any atom is -0.493 e. The molecular weight excluding hydrogens is 651 g/mol. The standard InChI is InChI=1S/C24H17Br2IN2O3/c1-31-22-12-15(10-17(13-28)24(30)29-19-8-6-18(25)7-9-19)11-21(27)23(22)32-14-16-4-2-3-5-20(16)26/h2-12H,14H2,1H3,(H,29,30)/b17-10+. The van der Waals surface area contributed by atoms with E-state index in [4.69, 9.17) is 9.47 Å². The van der Waals surface area contributed by atoms with Crippen LogP contribution in [0.3, 0.4) is 0 Å². The smallest absolute Gasteiger partial charge is 0.266 e. The maximum absolute atomic E-state index is 12.6. The zero-order valence-electron chi connectivity index (χ0n) is 16.9. The molecule has 0 atom stereocenters. The molecule has 3 rings (SSSR count). The molecule has 162 valence electrons. The zero-order valence-corrected chi connectivity index (χ0v) is 22.2. The molecule has 3 aromatic carbocycles. The average molecular weight is 668 g/mol. The van der Waals surface area contributed by atoms with Crippen LogP contribution in [0.2, 0.25) is 0 Å². The maximum atomic E-state index is 12.6. The van der Waals surface area contributed by atoms with E-state index in [-0.39, 0.29) is 5.57 Å². The Balaban J connectivity index is 1.82. The number of hydrogen-bond donors (Lipinski definition) is 1. The minimum absolute atomic E-state index is 0.0207. The SMILES string of the molecule is COc1cc(/C=C(\C#N)C(=O)Nc2ccc(Br)cc2)cc(I)c1OCc1ccccc1Br. The first-order chi connectivity index (χ1) is 15.4. The predicted octanol–water partition coefficient (Wildman–Crippen LogP) is 6.95. The molecule has 0 spiro atoms. The molecular formula is C24H17Br2IN2O3. The summed E-state index contributed by atoms with van der Waals surface area (Å²) in [5, 5.41) is 12.2. The fourth-order valence-electron chi connectivity index (χ4n) is 2.78. The number of nitriles is 1. The number of benzene rings is 3. The van der Waals surface area contributed by atoms with Crippen LogP contribution in [0.25, 0.3) is 6.08 Å². The number of nitrogens with zero attached hydrogens (tertiary/aromatic N) is 1. The second-order valence-electron chi connectivity index (χ2n) is 6.55. The van der Waals surface area contributed by atoms with Crippen molar-refractivity contribution in [3.05, 3.63) is 89.9 Å². The molecule has 3 aromatic rings. The molecule has 0 aromatic heterocycles. The van der Waals surface area contributed by atoms with Crippen molar-refractivity contribution >= 4 is 72.1 Å². The van der Waals surface area contributed by atoms with Crippen molar-refractivity contribution in [3.8, 4) is 17.6 Å². The molecule has 0 bridgehead atoms. The Labute approximate surface area is 216 Å². The summed E-state index contributed by atoms with van der Waals surface area (Å²) in [4.78, 5) is 12.6. The van der Waals surface area contributed by atoms with E-state index in [2.05, 4.69) is 59.8 Å². The Kier molecular flexibility index (Phi) is 8.73. The van der Waals surface area contributed by atoms with Gasteiger partial charge in [0.25, 0.3) is 5.91 Å². The van der Waals surface area contributed by atoms with Crippen LogP contribution in [0.4, 0.5) is 5.69 Å². The number of carbonyl (C=O) groups is 1. The van der Waals surface area contributed by atoms with Crippen LogP contribution in [-0.2, 0) is 11.4 Å². The van der Waals surface area contributed by atoms with Crippen LogP contribution in [-0.4, -0.2) is 13.0 Å². The van der Waals surface area contributed by atoms with E-state index >= 15 is 0 Å². The van der Waals surface area contributed by atoms with Crippen LogP contribution in [0.15, 0.2) is 75.2 Å². The molecule has 0 radical (unpaired) electrons. The zero-order chi connectivity index (χ0) is 23.1. The normalized spacial score (nSPS) is 10.9. The number of anilines is 1. The van der Waals surface area contributed by atoms with Crippen LogP contribution >= 0.6 is 54.5 Å². The van der Waals surface area contributed by atoms with Gasteiger partial charge in [0.2, 0.25) is 0 Å². The topological polar surface area (TPSA) is 71.3 Å². The molecule has 1 amide bonds. The summed E-state index contributed by atoms with van der Waals surface area (Å²) in [6.45, 7) is 0.363. The highest BCUT2D eigenvalue weighted by Crippen LogP contribution is 2.35. The van der Waals surface area contributed by atoms with Crippen LogP contribution in [0.1, 0.15) is 11.1 Å². The van der Waals surface area contributed by atoms with Gasteiger partial charge in [0, 0.05) is 20.2 Å². The molecule has 1 N–H and O–H groups in total. The monoisotopic (exact) mass is 666 g/mol. The Morgan fingerprint density at radius 1 is 1.16 bits per heavy atom. The lowest BCUT2D eigenvalue weighted by atomic mass is 10.1. The van der Waals surface area contributed by atoms with E-state index in [1.165, 1.54) is 6.08 Å². The van der Waals surface area contributed by atoms with Crippen molar-refractivity contribution in [1.29, 1.82) is 5.26 Å². The summed E-state index contributed by atoms with van der Waals surface area (Å²) in [7, 11) is 1.55. The summed E-state index contributed by atoms with van der Waals surface area (Å²) in [5.74, 6) is 0.623. The highest BCUT2D eigenvalue weighted by atomic mass is 127. The van der Waals surface area contributed by atoms with Gasteiger partial charge in [0.15, 0.2) is 11.5 Å². The van der Waals surface area contributed by atoms with Crippen LogP contribution in [0, 0.1) is 14.9 Å². The first kappa shape index (κ1) is 24.3. The van der Waals surface area contributed by atoms with Crippen molar-refractivity contribution in [2.45, 2.75) is 6.61 Å². The first-order valence-electron chi connectivity index (χ1n) is 9.33. The number of hydrogen-bond acceptors (Lipinski definition) is 4. The van der Waals surface area contributed by atoms with E-state index in [1.807, 2.05) is 48.5 Å². The van der Waals surface area contributed by atoms with Gasteiger partial charge >= 0.3 is 0 Å². The average Bonchev–Trinajstić information content (AvgIpc) is 2.78. The summed E-state index contributed by atoms with van der Waals surface area (Å²) >= 11 is 9.02. The van der Waals surface area contributed by atoms with E-state index in [1.54, 1.807) is 25.3 Å². The number of carbonyl (C=O) groups excluding carboxylic acids is 1. The molecule has 0 fully saturated rings. The van der Waals surface area contributed by atoms with Crippen molar-refractivity contribution < 1.29 is 14.3 Å². The number of methoxy groups -OCH3 is 1. The van der Waals surface area contributed by atoms with Gasteiger partial charge in [-0.15, -0.1) is 0 Å². The molecule has 0 aliphatic carbocycles. The fourth-order valence-corrected chi connectivity index (χ4v) is 4.22. The number of rotatable bonds is 7. The largest absolute Gasteiger partial charge is 0.493 e. The van der Waals surface area contributed by atoms with Crippen molar-refractivity contribution in [1.82, 2.24) is 0 Å².